The lowest BCUT2D eigenvalue weighted by Gasteiger charge is -2.22. The number of anilines is 2. The van der Waals surface area contributed by atoms with Crippen molar-refractivity contribution in [3.63, 3.8) is 0 Å². The molecular weight excluding hydrogens is 424 g/mol. The van der Waals surface area contributed by atoms with Gasteiger partial charge in [0.15, 0.2) is 9.84 Å². The predicted octanol–water partition coefficient (Wildman–Crippen LogP) is 3.83. The molecule has 0 spiro atoms. The van der Waals surface area contributed by atoms with E-state index in [2.05, 4.69) is 5.32 Å². The minimum atomic E-state index is -3.63. The molecule has 2 aliphatic rings. The smallest absolute Gasteiger partial charge is 0.230 e. The molecule has 2 amide bonds. The van der Waals surface area contributed by atoms with Crippen LogP contribution in [0, 0.1) is 5.92 Å². The Morgan fingerprint density at radius 3 is 2.63 bits per heavy atom. The lowest BCUT2D eigenvalue weighted by atomic mass is 10.1. The maximum Gasteiger partial charge on any atom is 0.230 e. The van der Waals surface area contributed by atoms with Crippen molar-refractivity contribution in [3.8, 4) is 0 Å². The lowest BCUT2D eigenvalue weighted by Crippen LogP contribution is -2.36. The molecule has 1 N–H and O–H groups in total. The quantitative estimate of drug-likeness (QED) is 0.730. The molecule has 0 unspecified atom stereocenters. The molecule has 2 aromatic carbocycles. The highest BCUT2D eigenvalue weighted by molar-refractivity contribution is 7.91. The molecule has 6 nitrogen and oxygen atoms in total. The number of hydrogen-bond donors (Lipinski definition) is 1. The fraction of sp³-hybridized carbons (Fsp3) is 0.364. The van der Waals surface area contributed by atoms with Crippen LogP contribution in [0.3, 0.4) is 0 Å². The van der Waals surface area contributed by atoms with E-state index in [-0.39, 0.29) is 34.9 Å². The van der Waals surface area contributed by atoms with Crippen LogP contribution in [0.4, 0.5) is 11.4 Å². The summed E-state index contributed by atoms with van der Waals surface area (Å²) < 4.78 is 25.6. The van der Waals surface area contributed by atoms with E-state index in [1.165, 1.54) is 6.07 Å². The van der Waals surface area contributed by atoms with Crippen LogP contribution >= 0.6 is 11.6 Å². The number of sulfone groups is 1. The van der Waals surface area contributed by atoms with E-state index in [1.807, 2.05) is 11.8 Å². The summed E-state index contributed by atoms with van der Waals surface area (Å²) in [5.41, 5.74) is 2.19. The standard InChI is InChI=1S/C22H23ClN2O4S/c1-14-11-16-12-19(7-8-20(16)25(14)22(27)15-5-6-15)30(28,29)10-9-21(26)24-18-4-2-3-17(23)13-18/h2-4,7-8,12-15H,5-6,9-11H2,1H3,(H,24,26)/t14-/m0/s1. The average Bonchev–Trinajstić information content (AvgIpc) is 3.48. The Labute approximate surface area is 181 Å². The van der Waals surface area contributed by atoms with Gasteiger partial charge in [0.05, 0.1) is 10.6 Å². The number of carbonyl (C=O) groups is 2. The van der Waals surface area contributed by atoms with Crippen LogP contribution in [-0.2, 0) is 25.8 Å². The van der Waals surface area contributed by atoms with Crippen molar-refractivity contribution in [2.24, 2.45) is 5.92 Å². The highest BCUT2D eigenvalue weighted by Gasteiger charge is 2.39. The summed E-state index contributed by atoms with van der Waals surface area (Å²) in [6.07, 6.45) is 2.34. The number of fused-ring (bicyclic) bond motifs is 1. The molecule has 158 valence electrons. The Balaban J connectivity index is 1.44. The molecule has 8 heteroatoms. The molecule has 1 aliphatic carbocycles. The molecule has 4 rings (SSSR count). The zero-order valence-electron chi connectivity index (χ0n) is 16.6. The Bertz CT molecular complexity index is 1110. The topological polar surface area (TPSA) is 83.6 Å². The largest absolute Gasteiger partial charge is 0.326 e. The van der Waals surface area contributed by atoms with Crippen LogP contribution < -0.4 is 10.2 Å². The Morgan fingerprint density at radius 2 is 1.93 bits per heavy atom. The zero-order valence-corrected chi connectivity index (χ0v) is 18.2. The molecule has 0 radical (unpaired) electrons. The summed E-state index contributed by atoms with van der Waals surface area (Å²) in [6, 6.07) is 11.6. The van der Waals surface area contributed by atoms with Crippen molar-refractivity contribution in [2.75, 3.05) is 16.0 Å². The molecule has 0 bridgehead atoms. The van der Waals surface area contributed by atoms with Crippen LogP contribution in [0.5, 0.6) is 0 Å². The van der Waals surface area contributed by atoms with E-state index < -0.39 is 15.7 Å². The van der Waals surface area contributed by atoms with Crippen LogP contribution in [0.15, 0.2) is 47.4 Å². The number of rotatable bonds is 6. The average molecular weight is 447 g/mol. The first-order chi connectivity index (χ1) is 14.2. The van der Waals surface area contributed by atoms with Gasteiger partial charge in [-0.1, -0.05) is 17.7 Å². The number of halogens is 1. The van der Waals surface area contributed by atoms with Gasteiger partial charge in [0.2, 0.25) is 11.8 Å². The lowest BCUT2D eigenvalue weighted by molar-refractivity contribution is -0.120. The highest BCUT2D eigenvalue weighted by Crippen LogP contribution is 2.39. The Hall–Kier alpha value is -2.38. The number of benzene rings is 2. The van der Waals surface area contributed by atoms with E-state index in [0.717, 1.165) is 24.1 Å². The van der Waals surface area contributed by atoms with Crippen LogP contribution in [0.2, 0.25) is 5.02 Å². The van der Waals surface area contributed by atoms with Crippen molar-refractivity contribution < 1.29 is 18.0 Å². The van der Waals surface area contributed by atoms with E-state index in [0.29, 0.717) is 17.1 Å². The maximum absolute atomic E-state index is 12.8. The number of carbonyl (C=O) groups excluding carboxylic acids is 2. The van der Waals surface area contributed by atoms with Crippen molar-refractivity contribution in [1.29, 1.82) is 0 Å². The van der Waals surface area contributed by atoms with Crippen molar-refractivity contribution in [2.45, 2.75) is 43.5 Å². The monoisotopic (exact) mass is 446 g/mol. The first kappa shape index (κ1) is 20.9. The fourth-order valence-electron chi connectivity index (χ4n) is 3.80. The van der Waals surface area contributed by atoms with Gasteiger partial charge in [-0.15, -0.1) is 0 Å². The second-order valence-electron chi connectivity index (χ2n) is 7.95. The first-order valence-corrected chi connectivity index (χ1v) is 12.0. The summed E-state index contributed by atoms with van der Waals surface area (Å²) in [7, 11) is -3.63. The molecule has 1 fully saturated rings. The second-order valence-corrected chi connectivity index (χ2v) is 10.5. The fourth-order valence-corrected chi connectivity index (χ4v) is 5.28. The van der Waals surface area contributed by atoms with Gasteiger partial charge >= 0.3 is 0 Å². The highest BCUT2D eigenvalue weighted by atomic mass is 35.5. The van der Waals surface area contributed by atoms with E-state index in [1.54, 1.807) is 36.4 Å². The molecule has 0 aromatic heterocycles. The molecule has 30 heavy (non-hydrogen) atoms. The van der Waals surface area contributed by atoms with E-state index in [9.17, 15) is 18.0 Å². The van der Waals surface area contributed by atoms with Gasteiger partial charge in [0.1, 0.15) is 0 Å². The molecule has 1 atom stereocenters. The normalized spacial score (nSPS) is 18.2. The van der Waals surface area contributed by atoms with Gasteiger partial charge in [-0.3, -0.25) is 9.59 Å². The SMILES string of the molecule is C[C@H]1Cc2cc(S(=O)(=O)CCC(=O)Nc3cccc(Cl)c3)ccc2N1C(=O)C1CC1. The molecule has 1 aliphatic heterocycles. The van der Waals surface area contributed by atoms with Crippen LogP contribution in [0.1, 0.15) is 31.7 Å². The number of hydrogen-bond acceptors (Lipinski definition) is 4. The maximum atomic E-state index is 12.8. The van der Waals surface area contributed by atoms with Crippen molar-refractivity contribution in [3.05, 3.63) is 53.1 Å². The molecule has 2 aromatic rings. The summed E-state index contributed by atoms with van der Waals surface area (Å²) in [5.74, 6) is -0.440. The van der Waals surface area contributed by atoms with E-state index >= 15 is 0 Å². The van der Waals surface area contributed by atoms with Crippen molar-refractivity contribution in [1.82, 2.24) is 0 Å². The third kappa shape index (κ3) is 4.37. The Kier molecular flexibility index (Phi) is 5.59. The second kappa shape index (κ2) is 8.04. The summed E-state index contributed by atoms with van der Waals surface area (Å²) >= 11 is 5.89. The zero-order chi connectivity index (χ0) is 21.5. The molecule has 1 saturated carbocycles. The predicted molar refractivity (Wildman–Crippen MR) is 117 cm³/mol. The number of nitrogens with zero attached hydrogens (tertiary/aromatic N) is 1. The summed E-state index contributed by atoms with van der Waals surface area (Å²) in [6.45, 7) is 1.98. The minimum absolute atomic E-state index is 0.0227. The van der Waals surface area contributed by atoms with E-state index in [4.69, 9.17) is 11.6 Å². The minimum Gasteiger partial charge on any atom is -0.326 e. The van der Waals surface area contributed by atoms with Crippen molar-refractivity contribution >= 4 is 44.6 Å². The van der Waals surface area contributed by atoms with Gasteiger partial charge < -0.3 is 10.2 Å². The summed E-state index contributed by atoms with van der Waals surface area (Å²) in [4.78, 5) is 26.7. The van der Waals surface area contributed by atoms with Crippen LogP contribution in [0.25, 0.3) is 0 Å². The molecule has 1 heterocycles. The molecular formula is C22H23ClN2O4S. The van der Waals surface area contributed by atoms with Gasteiger partial charge in [0, 0.05) is 34.8 Å². The van der Waals surface area contributed by atoms with Gasteiger partial charge in [-0.2, -0.15) is 0 Å². The number of amides is 2. The Morgan fingerprint density at radius 1 is 1.17 bits per heavy atom. The van der Waals surface area contributed by atoms with Gasteiger partial charge in [0.25, 0.3) is 0 Å². The van der Waals surface area contributed by atoms with Gasteiger partial charge in [-0.25, -0.2) is 8.42 Å². The first-order valence-electron chi connectivity index (χ1n) is 9.99. The van der Waals surface area contributed by atoms with Gasteiger partial charge in [-0.05, 0) is 68.1 Å². The molecule has 0 saturated heterocycles. The number of nitrogens with one attached hydrogen (secondary N) is 1. The van der Waals surface area contributed by atoms with Crippen LogP contribution in [-0.4, -0.2) is 32.0 Å². The summed E-state index contributed by atoms with van der Waals surface area (Å²) in [5, 5.41) is 3.14. The third-order valence-corrected chi connectivity index (χ3v) is 7.44. The third-order valence-electron chi connectivity index (χ3n) is 5.50.